The van der Waals surface area contributed by atoms with Crippen molar-refractivity contribution in [3.8, 4) is 5.75 Å². The zero-order valence-corrected chi connectivity index (χ0v) is 22.5. The Bertz CT molecular complexity index is 1310. The van der Waals surface area contributed by atoms with Crippen LogP contribution >= 0.6 is 11.6 Å². The van der Waals surface area contributed by atoms with E-state index in [9.17, 15) is 9.59 Å². The second kappa shape index (κ2) is 12.5. The molecule has 9 nitrogen and oxygen atoms in total. The lowest BCUT2D eigenvalue weighted by Crippen LogP contribution is -2.46. The molecule has 0 bridgehead atoms. The summed E-state index contributed by atoms with van der Waals surface area (Å²) in [6.45, 7) is 3.70. The van der Waals surface area contributed by atoms with Gasteiger partial charge in [-0.2, -0.15) is 5.10 Å². The van der Waals surface area contributed by atoms with Crippen LogP contribution in [0.2, 0.25) is 5.02 Å². The van der Waals surface area contributed by atoms with E-state index in [1.807, 2.05) is 30.3 Å². The highest BCUT2D eigenvalue weighted by Crippen LogP contribution is 2.33. The van der Waals surface area contributed by atoms with E-state index in [1.54, 1.807) is 48.6 Å². The second-order valence-corrected chi connectivity index (χ2v) is 9.82. The molecule has 0 saturated carbocycles. The smallest absolute Gasteiger partial charge is 0.262 e. The highest BCUT2D eigenvalue weighted by Gasteiger charge is 2.36. The molecule has 0 spiro atoms. The number of rotatable bonds is 9. The van der Waals surface area contributed by atoms with Crippen LogP contribution in [0, 0.1) is 0 Å². The molecule has 2 amide bonds. The average Bonchev–Trinajstić information content (AvgIpc) is 3.66. The van der Waals surface area contributed by atoms with Gasteiger partial charge in [0, 0.05) is 32.6 Å². The summed E-state index contributed by atoms with van der Waals surface area (Å²) in [5, 5.41) is 6.50. The summed E-state index contributed by atoms with van der Waals surface area (Å²) in [6, 6.07) is 17.7. The van der Waals surface area contributed by atoms with Crippen molar-refractivity contribution in [2.24, 2.45) is 5.10 Å². The van der Waals surface area contributed by atoms with Crippen molar-refractivity contribution in [2.75, 3.05) is 53.0 Å². The molecule has 1 unspecified atom stereocenters. The van der Waals surface area contributed by atoms with Gasteiger partial charge in [-0.1, -0.05) is 23.7 Å². The number of benzene rings is 2. The van der Waals surface area contributed by atoms with Crippen molar-refractivity contribution in [1.29, 1.82) is 0 Å². The minimum absolute atomic E-state index is 0.148. The van der Waals surface area contributed by atoms with Gasteiger partial charge in [-0.05, 0) is 54.1 Å². The van der Waals surface area contributed by atoms with Crippen molar-refractivity contribution in [1.82, 2.24) is 14.8 Å². The number of carbonyl (C=O) groups excluding carboxylic acids is 2. The molecule has 1 aromatic heterocycles. The molecule has 10 heteroatoms. The number of furan rings is 1. The van der Waals surface area contributed by atoms with Gasteiger partial charge in [0.05, 0.1) is 42.9 Å². The lowest BCUT2D eigenvalue weighted by atomic mass is 10.0. The van der Waals surface area contributed by atoms with Gasteiger partial charge in [-0.3, -0.25) is 14.5 Å². The summed E-state index contributed by atoms with van der Waals surface area (Å²) in [7, 11) is 1.62. The number of hydrazone groups is 1. The van der Waals surface area contributed by atoms with Gasteiger partial charge in [0.25, 0.3) is 11.8 Å². The number of nitrogens with zero attached hydrogens (tertiary/aromatic N) is 4. The fraction of sp³-hybridized carbons (Fsp3) is 0.345. The van der Waals surface area contributed by atoms with E-state index in [-0.39, 0.29) is 18.4 Å². The van der Waals surface area contributed by atoms with Crippen LogP contribution < -0.4 is 4.74 Å². The summed E-state index contributed by atoms with van der Waals surface area (Å²) < 4.78 is 16.4. The van der Waals surface area contributed by atoms with E-state index < -0.39 is 6.04 Å². The summed E-state index contributed by atoms with van der Waals surface area (Å²) in [5.74, 6) is 0.771. The van der Waals surface area contributed by atoms with E-state index in [1.165, 1.54) is 5.01 Å². The lowest BCUT2D eigenvalue weighted by molar-refractivity contribution is -0.134. The van der Waals surface area contributed by atoms with Crippen molar-refractivity contribution < 1.29 is 23.5 Å². The van der Waals surface area contributed by atoms with Gasteiger partial charge in [0.15, 0.2) is 0 Å². The maximum absolute atomic E-state index is 13.8. The Morgan fingerprint density at radius 1 is 1.08 bits per heavy atom. The average molecular weight is 551 g/mol. The Labute approximate surface area is 232 Å². The normalized spacial score (nSPS) is 17.6. The van der Waals surface area contributed by atoms with Crippen LogP contribution in [-0.2, 0) is 9.53 Å². The van der Waals surface area contributed by atoms with E-state index in [4.69, 9.17) is 30.6 Å². The highest BCUT2D eigenvalue weighted by atomic mass is 35.5. The largest absolute Gasteiger partial charge is 0.497 e. The van der Waals surface area contributed by atoms with Crippen molar-refractivity contribution in [3.05, 3.63) is 88.8 Å². The van der Waals surface area contributed by atoms with Gasteiger partial charge in [-0.25, -0.2) is 5.01 Å². The molecule has 5 rings (SSSR count). The zero-order chi connectivity index (χ0) is 27.2. The van der Waals surface area contributed by atoms with E-state index in [0.717, 1.165) is 30.1 Å². The molecule has 0 radical (unpaired) electrons. The second-order valence-electron chi connectivity index (χ2n) is 9.41. The molecule has 3 aromatic rings. The molecular formula is C29H31ClN4O5. The molecule has 3 heterocycles. The quantitative estimate of drug-likeness (QED) is 0.399. The molecule has 1 fully saturated rings. The highest BCUT2D eigenvalue weighted by molar-refractivity contribution is 6.33. The van der Waals surface area contributed by atoms with Gasteiger partial charge < -0.3 is 18.8 Å². The first-order valence-electron chi connectivity index (χ1n) is 12.9. The minimum atomic E-state index is -0.416. The predicted molar refractivity (Wildman–Crippen MR) is 147 cm³/mol. The van der Waals surface area contributed by atoms with Gasteiger partial charge in [0.1, 0.15) is 24.1 Å². The Balaban J connectivity index is 1.39. The van der Waals surface area contributed by atoms with Gasteiger partial charge >= 0.3 is 0 Å². The Kier molecular flexibility index (Phi) is 8.61. The maximum atomic E-state index is 13.8. The molecule has 1 saturated heterocycles. The first-order chi connectivity index (χ1) is 19.0. The third kappa shape index (κ3) is 6.33. The number of carbonyl (C=O) groups is 2. The number of hydrogen-bond donors (Lipinski definition) is 0. The standard InChI is InChI=1S/C29H31ClN4O5/c1-37-22-10-8-21(9-11-22)25-19-26(27-7-4-16-39-27)34(31-25)28(35)20-33(13-12-32-14-17-38-18-15-32)29(36)23-5-2-3-6-24(23)30/h2-11,16,26H,12-15,17-20H2,1H3. The Morgan fingerprint density at radius 3 is 2.54 bits per heavy atom. The Morgan fingerprint density at radius 2 is 1.85 bits per heavy atom. The first kappa shape index (κ1) is 26.9. The number of halogens is 1. The zero-order valence-electron chi connectivity index (χ0n) is 21.8. The van der Waals surface area contributed by atoms with Crippen LogP contribution in [-0.4, -0.2) is 85.4 Å². The predicted octanol–water partition coefficient (Wildman–Crippen LogP) is 4.09. The number of ether oxygens (including phenoxy) is 2. The molecule has 2 aliphatic heterocycles. The number of methoxy groups -OCH3 is 1. The maximum Gasteiger partial charge on any atom is 0.262 e. The Hall–Kier alpha value is -3.66. The molecule has 204 valence electrons. The summed E-state index contributed by atoms with van der Waals surface area (Å²) in [4.78, 5) is 31.2. The first-order valence-corrected chi connectivity index (χ1v) is 13.3. The summed E-state index contributed by atoms with van der Waals surface area (Å²) in [5.41, 5.74) is 2.00. The van der Waals surface area contributed by atoms with Crippen LogP contribution in [0.3, 0.4) is 0 Å². The number of morpholine rings is 1. The fourth-order valence-electron chi connectivity index (χ4n) is 4.78. The number of amides is 2. The SMILES string of the molecule is COc1ccc(C2=NN(C(=O)CN(CCN3CCOCC3)C(=O)c3ccccc3Cl)C(c3ccco3)C2)cc1. The van der Waals surface area contributed by atoms with Crippen molar-refractivity contribution in [2.45, 2.75) is 12.5 Å². The molecule has 0 N–H and O–H groups in total. The lowest BCUT2D eigenvalue weighted by Gasteiger charge is -2.31. The molecule has 39 heavy (non-hydrogen) atoms. The van der Waals surface area contributed by atoms with E-state index in [2.05, 4.69) is 4.90 Å². The van der Waals surface area contributed by atoms with Crippen LogP contribution in [0.25, 0.3) is 0 Å². The van der Waals surface area contributed by atoms with Gasteiger partial charge in [0.2, 0.25) is 0 Å². The minimum Gasteiger partial charge on any atom is -0.497 e. The van der Waals surface area contributed by atoms with Crippen molar-refractivity contribution in [3.63, 3.8) is 0 Å². The third-order valence-corrected chi connectivity index (χ3v) is 7.30. The van der Waals surface area contributed by atoms with Gasteiger partial charge in [-0.15, -0.1) is 0 Å². The molecule has 1 atom stereocenters. The monoisotopic (exact) mass is 550 g/mol. The summed E-state index contributed by atoms with van der Waals surface area (Å²) in [6.07, 6.45) is 2.07. The topological polar surface area (TPSA) is 87.8 Å². The molecule has 2 aliphatic rings. The fourth-order valence-corrected chi connectivity index (χ4v) is 5.00. The third-order valence-electron chi connectivity index (χ3n) is 6.97. The van der Waals surface area contributed by atoms with Crippen LogP contribution in [0.5, 0.6) is 5.75 Å². The van der Waals surface area contributed by atoms with E-state index in [0.29, 0.717) is 49.1 Å². The van der Waals surface area contributed by atoms with Crippen LogP contribution in [0.1, 0.15) is 34.1 Å². The molecular weight excluding hydrogens is 520 g/mol. The number of hydrogen-bond acceptors (Lipinski definition) is 7. The summed E-state index contributed by atoms with van der Waals surface area (Å²) >= 11 is 6.36. The molecule has 2 aromatic carbocycles. The van der Waals surface area contributed by atoms with E-state index >= 15 is 0 Å². The molecule has 0 aliphatic carbocycles. The van der Waals surface area contributed by atoms with Crippen LogP contribution in [0.4, 0.5) is 0 Å². The van der Waals surface area contributed by atoms with Crippen LogP contribution in [0.15, 0.2) is 76.4 Å². The van der Waals surface area contributed by atoms with Crippen molar-refractivity contribution >= 4 is 29.1 Å².